The zero-order chi connectivity index (χ0) is 18.2. The van der Waals surface area contributed by atoms with E-state index in [9.17, 15) is 8.42 Å². The van der Waals surface area contributed by atoms with E-state index in [1.54, 1.807) is 21.0 Å². The summed E-state index contributed by atoms with van der Waals surface area (Å²) in [6.07, 6.45) is 0. The summed E-state index contributed by atoms with van der Waals surface area (Å²) in [5.74, 6) is 1.14. The number of anilines is 1. The molecule has 0 amide bonds. The van der Waals surface area contributed by atoms with Crippen LogP contribution < -0.4 is 9.64 Å². The average Bonchev–Trinajstić information content (AvgIpc) is 2.94. The first-order chi connectivity index (χ1) is 11.8. The monoisotopic (exact) mass is 365 g/mol. The minimum absolute atomic E-state index is 0.0531. The summed E-state index contributed by atoms with van der Waals surface area (Å²) in [6.45, 7) is 6.76. The lowest BCUT2D eigenvalue weighted by atomic mass is 10.2. The minimum Gasteiger partial charge on any atom is -0.497 e. The number of nitrogens with zero attached hydrogens (tertiary/aromatic N) is 3. The van der Waals surface area contributed by atoms with Gasteiger partial charge in [-0.2, -0.15) is 4.31 Å². The smallest absolute Gasteiger partial charge is 0.248 e. The number of ether oxygens (including phenoxy) is 1. The highest BCUT2D eigenvalue weighted by Crippen LogP contribution is 2.28. The summed E-state index contributed by atoms with van der Waals surface area (Å²) in [6, 6.07) is 7.86. The number of piperazine rings is 1. The molecule has 25 heavy (non-hydrogen) atoms. The van der Waals surface area contributed by atoms with Crippen molar-refractivity contribution in [2.24, 2.45) is 0 Å². The van der Waals surface area contributed by atoms with Gasteiger partial charge in [-0.15, -0.1) is 0 Å². The SMILES string of the molecule is COc1ccc(N2CCN(S(=O)(=O)c3c(C)noc3C)CC2C)cc1. The molecule has 1 atom stereocenters. The number of methoxy groups -OCH3 is 1. The molecule has 1 unspecified atom stereocenters. The van der Waals surface area contributed by atoms with Gasteiger partial charge < -0.3 is 14.2 Å². The fourth-order valence-corrected chi connectivity index (χ4v) is 5.08. The molecule has 0 N–H and O–H groups in total. The molecule has 1 saturated heterocycles. The highest BCUT2D eigenvalue weighted by atomic mass is 32.2. The Morgan fingerprint density at radius 2 is 1.88 bits per heavy atom. The highest BCUT2D eigenvalue weighted by Gasteiger charge is 2.35. The van der Waals surface area contributed by atoms with E-state index in [0.29, 0.717) is 31.1 Å². The van der Waals surface area contributed by atoms with Crippen LogP contribution in [-0.4, -0.2) is 50.7 Å². The van der Waals surface area contributed by atoms with Crippen molar-refractivity contribution in [2.45, 2.75) is 31.7 Å². The van der Waals surface area contributed by atoms with Crippen LogP contribution in [0.3, 0.4) is 0 Å². The maximum Gasteiger partial charge on any atom is 0.248 e. The number of rotatable bonds is 4. The van der Waals surface area contributed by atoms with Gasteiger partial charge in [-0.25, -0.2) is 8.42 Å². The predicted octanol–water partition coefficient (Wildman–Crippen LogP) is 2.20. The van der Waals surface area contributed by atoms with E-state index in [-0.39, 0.29) is 10.9 Å². The lowest BCUT2D eigenvalue weighted by Gasteiger charge is -2.40. The van der Waals surface area contributed by atoms with Crippen LogP contribution in [-0.2, 0) is 10.0 Å². The van der Waals surface area contributed by atoms with Crippen molar-refractivity contribution in [3.05, 3.63) is 35.7 Å². The van der Waals surface area contributed by atoms with Crippen molar-refractivity contribution >= 4 is 15.7 Å². The summed E-state index contributed by atoms with van der Waals surface area (Å²) >= 11 is 0. The van der Waals surface area contributed by atoms with Crippen LogP contribution in [0.1, 0.15) is 18.4 Å². The van der Waals surface area contributed by atoms with Crippen molar-refractivity contribution in [1.82, 2.24) is 9.46 Å². The quantitative estimate of drug-likeness (QED) is 0.827. The topological polar surface area (TPSA) is 75.9 Å². The van der Waals surface area contributed by atoms with Crippen molar-refractivity contribution in [3.8, 4) is 5.75 Å². The molecule has 0 saturated carbocycles. The zero-order valence-electron chi connectivity index (χ0n) is 14.9. The molecule has 1 aromatic heterocycles. The Hall–Kier alpha value is -2.06. The molecule has 7 nitrogen and oxygen atoms in total. The summed E-state index contributed by atoms with van der Waals surface area (Å²) < 4.78 is 37.6. The van der Waals surface area contributed by atoms with Crippen molar-refractivity contribution in [1.29, 1.82) is 0 Å². The van der Waals surface area contributed by atoms with Gasteiger partial charge in [0.1, 0.15) is 16.3 Å². The van der Waals surface area contributed by atoms with E-state index in [4.69, 9.17) is 9.26 Å². The van der Waals surface area contributed by atoms with E-state index < -0.39 is 10.0 Å². The van der Waals surface area contributed by atoms with Crippen LogP contribution in [0.15, 0.2) is 33.7 Å². The fraction of sp³-hybridized carbons (Fsp3) is 0.471. The van der Waals surface area contributed by atoms with Gasteiger partial charge in [-0.05, 0) is 45.0 Å². The van der Waals surface area contributed by atoms with Crippen LogP contribution in [0, 0.1) is 13.8 Å². The van der Waals surface area contributed by atoms with Gasteiger partial charge in [0.15, 0.2) is 5.76 Å². The number of sulfonamides is 1. The molecule has 1 aliphatic heterocycles. The third-order valence-corrected chi connectivity index (χ3v) is 6.67. The Kier molecular flexibility index (Phi) is 4.75. The van der Waals surface area contributed by atoms with Crippen LogP contribution in [0.5, 0.6) is 5.75 Å². The molecule has 3 rings (SSSR count). The molecule has 1 fully saturated rings. The van der Waals surface area contributed by atoms with Gasteiger partial charge in [-0.3, -0.25) is 0 Å². The second-order valence-corrected chi connectivity index (χ2v) is 8.13. The van der Waals surface area contributed by atoms with E-state index in [0.717, 1.165) is 11.4 Å². The molecule has 0 spiro atoms. The van der Waals surface area contributed by atoms with Crippen LogP contribution in [0.25, 0.3) is 0 Å². The summed E-state index contributed by atoms with van der Waals surface area (Å²) in [7, 11) is -1.96. The Morgan fingerprint density at radius 3 is 2.40 bits per heavy atom. The Morgan fingerprint density at radius 1 is 1.20 bits per heavy atom. The maximum absolute atomic E-state index is 13.0. The van der Waals surface area contributed by atoms with Crippen LogP contribution in [0.4, 0.5) is 5.69 Å². The molecule has 1 aromatic carbocycles. The van der Waals surface area contributed by atoms with Gasteiger partial charge in [0.2, 0.25) is 10.0 Å². The second-order valence-electron chi connectivity index (χ2n) is 6.26. The maximum atomic E-state index is 13.0. The normalized spacial score (nSPS) is 19.2. The molecule has 8 heteroatoms. The number of hydrogen-bond acceptors (Lipinski definition) is 6. The van der Waals surface area contributed by atoms with Gasteiger partial charge >= 0.3 is 0 Å². The van der Waals surface area contributed by atoms with Gasteiger partial charge in [-0.1, -0.05) is 5.16 Å². The van der Waals surface area contributed by atoms with Gasteiger partial charge in [0, 0.05) is 31.4 Å². The number of aromatic nitrogens is 1. The Bertz CT molecular complexity index is 826. The Labute approximate surface area is 148 Å². The third-order valence-electron chi connectivity index (χ3n) is 4.56. The summed E-state index contributed by atoms with van der Waals surface area (Å²) in [4.78, 5) is 2.40. The molecule has 1 aliphatic rings. The van der Waals surface area contributed by atoms with E-state index in [1.165, 1.54) is 4.31 Å². The lowest BCUT2D eigenvalue weighted by Crippen LogP contribution is -2.53. The third kappa shape index (κ3) is 3.23. The number of hydrogen-bond donors (Lipinski definition) is 0. The minimum atomic E-state index is -3.60. The molecule has 0 bridgehead atoms. The average molecular weight is 365 g/mol. The van der Waals surface area contributed by atoms with Crippen molar-refractivity contribution < 1.29 is 17.7 Å². The highest BCUT2D eigenvalue weighted by molar-refractivity contribution is 7.89. The van der Waals surface area contributed by atoms with E-state index >= 15 is 0 Å². The molecule has 0 radical (unpaired) electrons. The first kappa shape index (κ1) is 17.8. The largest absolute Gasteiger partial charge is 0.497 e. The van der Waals surface area contributed by atoms with E-state index in [1.807, 2.05) is 31.2 Å². The van der Waals surface area contributed by atoms with Gasteiger partial charge in [0.25, 0.3) is 0 Å². The molecule has 0 aliphatic carbocycles. The standard InChI is InChI=1S/C17H23N3O4S/c1-12-11-19(25(21,22)17-13(2)18-24-14(17)3)9-10-20(12)15-5-7-16(23-4)8-6-15/h5-8,12H,9-11H2,1-4H3. The molecule has 136 valence electrons. The van der Waals surface area contributed by atoms with Crippen molar-refractivity contribution in [3.63, 3.8) is 0 Å². The zero-order valence-corrected chi connectivity index (χ0v) is 15.7. The van der Waals surface area contributed by atoms with Crippen LogP contribution in [0.2, 0.25) is 0 Å². The van der Waals surface area contributed by atoms with Crippen molar-refractivity contribution in [2.75, 3.05) is 31.6 Å². The molecule has 2 aromatic rings. The fourth-order valence-electron chi connectivity index (χ4n) is 3.27. The van der Waals surface area contributed by atoms with Crippen LogP contribution >= 0.6 is 0 Å². The second kappa shape index (κ2) is 6.68. The Balaban J connectivity index is 1.79. The summed E-state index contributed by atoms with van der Waals surface area (Å²) in [5, 5.41) is 3.77. The number of aryl methyl sites for hydroxylation is 2. The predicted molar refractivity (Wildman–Crippen MR) is 94.5 cm³/mol. The van der Waals surface area contributed by atoms with Gasteiger partial charge in [0.05, 0.1) is 7.11 Å². The molecular formula is C17H23N3O4S. The first-order valence-corrected chi connectivity index (χ1v) is 9.62. The first-order valence-electron chi connectivity index (χ1n) is 8.18. The molecular weight excluding hydrogens is 342 g/mol. The number of benzene rings is 1. The lowest BCUT2D eigenvalue weighted by molar-refractivity contribution is 0.341. The molecule has 2 heterocycles. The summed E-state index contributed by atoms with van der Waals surface area (Å²) in [5.41, 5.74) is 1.46. The van der Waals surface area contributed by atoms with E-state index in [2.05, 4.69) is 10.1 Å².